The van der Waals surface area contributed by atoms with Gasteiger partial charge in [-0.15, -0.1) is 10.2 Å². The number of carbonyl (C=O) groups excluding carboxylic acids is 2. The molecule has 0 spiro atoms. The van der Waals surface area contributed by atoms with Crippen LogP contribution in [0.2, 0.25) is 0 Å². The number of rotatable bonds is 8. The second-order valence-corrected chi connectivity index (χ2v) is 6.75. The van der Waals surface area contributed by atoms with Crippen molar-refractivity contribution in [2.45, 2.75) is 69.6 Å². The van der Waals surface area contributed by atoms with E-state index < -0.39 is 6.03 Å². The molecule has 0 bridgehead atoms. The average molecular weight is 339 g/mol. The lowest BCUT2D eigenvalue weighted by atomic mass is 10.2. The number of hydrogen-bond acceptors (Lipinski definition) is 5. The Morgan fingerprint density at radius 3 is 2.87 bits per heavy atom. The molecule has 0 atom stereocenters. The van der Waals surface area contributed by atoms with Gasteiger partial charge < -0.3 is 9.88 Å². The highest BCUT2D eigenvalue weighted by Gasteiger charge is 2.18. The van der Waals surface area contributed by atoms with Gasteiger partial charge in [0, 0.05) is 12.6 Å². The molecular weight excluding hydrogens is 314 g/mol. The largest absolute Gasteiger partial charge is 0.335 e. The monoisotopic (exact) mass is 339 g/mol. The summed E-state index contributed by atoms with van der Waals surface area (Å²) < 4.78 is 1.95. The van der Waals surface area contributed by atoms with E-state index in [2.05, 4.69) is 27.8 Å². The van der Waals surface area contributed by atoms with E-state index in [1.54, 1.807) is 6.33 Å². The van der Waals surface area contributed by atoms with Crippen LogP contribution in [0, 0.1) is 0 Å². The molecule has 2 rings (SSSR count). The minimum atomic E-state index is -0.396. The van der Waals surface area contributed by atoms with Crippen LogP contribution in [0.15, 0.2) is 11.5 Å². The van der Waals surface area contributed by atoms with Gasteiger partial charge >= 0.3 is 6.03 Å². The molecule has 3 amide bonds. The lowest BCUT2D eigenvalue weighted by molar-refractivity contribution is -0.117. The lowest BCUT2D eigenvalue weighted by Gasteiger charge is -2.12. The molecule has 1 fully saturated rings. The topological polar surface area (TPSA) is 88.9 Å². The summed E-state index contributed by atoms with van der Waals surface area (Å²) in [5.41, 5.74) is 0. The third-order valence-electron chi connectivity index (χ3n) is 3.86. The zero-order valence-corrected chi connectivity index (χ0v) is 14.4. The molecule has 2 N–H and O–H groups in total. The number of urea groups is 1. The zero-order chi connectivity index (χ0) is 16.5. The van der Waals surface area contributed by atoms with Gasteiger partial charge in [-0.2, -0.15) is 0 Å². The number of hydrogen-bond donors (Lipinski definition) is 2. The molecule has 1 aliphatic carbocycles. The van der Waals surface area contributed by atoms with Crippen LogP contribution in [-0.2, 0) is 11.3 Å². The number of amides is 3. The van der Waals surface area contributed by atoms with Crippen LogP contribution in [0.5, 0.6) is 0 Å². The first-order chi connectivity index (χ1) is 11.2. The van der Waals surface area contributed by atoms with Gasteiger partial charge in [-0.05, 0) is 19.3 Å². The number of nitrogens with one attached hydrogen (secondary N) is 2. The number of nitrogens with zero attached hydrogens (tertiary/aromatic N) is 3. The smallest absolute Gasteiger partial charge is 0.321 e. The summed E-state index contributed by atoms with van der Waals surface area (Å²) in [6.07, 6.45) is 9.34. The van der Waals surface area contributed by atoms with Crippen LogP contribution >= 0.6 is 11.8 Å². The number of imide groups is 1. The van der Waals surface area contributed by atoms with E-state index in [1.807, 2.05) is 4.57 Å². The summed E-state index contributed by atoms with van der Waals surface area (Å²) in [5, 5.41) is 13.8. The Morgan fingerprint density at radius 1 is 1.35 bits per heavy atom. The Balaban J connectivity index is 1.69. The van der Waals surface area contributed by atoms with Crippen LogP contribution < -0.4 is 10.6 Å². The lowest BCUT2D eigenvalue weighted by Crippen LogP contribution is -2.44. The number of aromatic nitrogens is 3. The molecule has 1 aromatic rings. The van der Waals surface area contributed by atoms with Crippen LogP contribution in [0.3, 0.4) is 0 Å². The van der Waals surface area contributed by atoms with Crippen molar-refractivity contribution in [3.63, 3.8) is 0 Å². The minimum absolute atomic E-state index is 0.157. The third-order valence-corrected chi connectivity index (χ3v) is 4.84. The zero-order valence-electron chi connectivity index (χ0n) is 13.6. The maximum absolute atomic E-state index is 11.8. The van der Waals surface area contributed by atoms with Gasteiger partial charge in [-0.1, -0.05) is 44.4 Å². The highest BCUT2D eigenvalue weighted by molar-refractivity contribution is 7.99. The predicted octanol–water partition coefficient (Wildman–Crippen LogP) is 2.33. The first-order valence-electron chi connectivity index (χ1n) is 8.30. The van der Waals surface area contributed by atoms with Gasteiger partial charge in [-0.25, -0.2) is 4.79 Å². The SMILES string of the molecule is CCCCCn1cnnc1SCC(=O)NC(=O)NC1CCCC1. The van der Waals surface area contributed by atoms with Crippen LogP contribution in [-0.4, -0.2) is 38.5 Å². The van der Waals surface area contributed by atoms with E-state index in [0.717, 1.165) is 51.5 Å². The number of thioether (sulfide) groups is 1. The van der Waals surface area contributed by atoms with Crippen molar-refractivity contribution >= 4 is 23.7 Å². The van der Waals surface area contributed by atoms with Crippen molar-refractivity contribution in [2.24, 2.45) is 0 Å². The van der Waals surface area contributed by atoms with E-state index >= 15 is 0 Å². The molecule has 0 saturated heterocycles. The van der Waals surface area contributed by atoms with E-state index in [0.29, 0.717) is 5.16 Å². The van der Waals surface area contributed by atoms with Gasteiger partial charge in [0.1, 0.15) is 6.33 Å². The maximum atomic E-state index is 11.8. The van der Waals surface area contributed by atoms with Gasteiger partial charge in [0.15, 0.2) is 5.16 Å². The van der Waals surface area contributed by atoms with Crippen LogP contribution in [0.25, 0.3) is 0 Å². The molecule has 0 radical (unpaired) electrons. The van der Waals surface area contributed by atoms with Gasteiger partial charge in [-0.3, -0.25) is 10.1 Å². The fourth-order valence-electron chi connectivity index (χ4n) is 2.63. The molecule has 128 valence electrons. The van der Waals surface area contributed by atoms with Crippen molar-refractivity contribution in [3.8, 4) is 0 Å². The molecule has 0 unspecified atom stereocenters. The second-order valence-electron chi connectivity index (χ2n) is 5.81. The molecule has 1 aromatic heterocycles. The average Bonchev–Trinajstić information content (AvgIpc) is 3.17. The Bertz CT molecular complexity index is 514. The molecule has 7 nitrogen and oxygen atoms in total. The molecule has 1 aliphatic rings. The Labute approximate surface area is 141 Å². The van der Waals surface area contributed by atoms with Crippen molar-refractivity contribution in [3.05, 3.63) is 6.33 Å². The molecule has 0 aromatic carbocycles. The fourth-order valence-corrected chi connectivity index (χ4v) is 3.37. The molecule has 0 aliphatic heterocycles. The Morgan fingerprint density at radius 2 is 2.13 bits per heavy atom. The van der Waals surface area contributed by atoms with Gasteiger partial charge in [0.05, 0.1) is 5.75 Å². The summed E-state index contributed by atoms with van der Waals surface area (Å²) in [7, 11) is 0. The van der Waals surface area contributed by atoms with E-state index in [9.17, 15) is 9.59 Å². The van der Waals surface area contributed by atoms with Crippen molar-refractivity contribution in [2.75, 3.05) is 5.75 Å². The molecule has 1 saturated carbocycles. The quantitative estimate of drug-likeness (QED) is 0.560. The Hall–Kier alpha value is -1.57. The van der Waals surface area contributed by atoms with Crippen molar-refractivity contribution in [1.82, 2.24) is 25.4 Å². The molecule has 23 heavy (non-hydrogen) atoms. The standard InChI is InChI=1S/C15H25N5O2S/c1-2-3-6-9-20-11-16-19-15(20)23-10-13(21)18-14(22)17-12-7-4-5-8-12/h11-12H,2-10H2,1H3,(H2,17,18,21,22). The first-order valence-corrected chi connectivity index (χ1v) is 9.28. The van der Waals surface area contributed by atoms with Gasteiger partial charge in [0.2, 0.25) is 5.91 Å². The van der Waals surface area contributed by atoms with E-state index in [-0.39, 0.29) is 17.7 Å². The molecular formula is C15H25N5O2S. The number of unbranched alkanes of at least 4 members (excludes halogenated alkanes) is 2. The Kier molecular flexibility index (Phi) is 7.38. The third kappa shape index (κ3) is 6.21. The van der Waals surface area contributed by atoms with Crippen LogP contribution in [0.4, 0.5) is 4.79 Å². The molecule has 8 heteroatoms. The summed E-state index contributed by atoms with van der Waals surface area (Å²) in [6.45, 7) is 3.01. The first kappa shape index (κ1) is 17.8. The normalized spacial score (nSPS) is 14.8. The summed E-state index contributed by atoms with van der Waals surface area (Å²) >= 11 is 1.30. The fraction of sp³-hybridized carbons (Fsp3) is 0.733. The van der Waals surface area contributed by atoms with E-state index in [1.165, 1.54) is 11.8 Å². The molecule has 1 heterocycles. The number of carbonyl (C=O) groups is 2. The second kappa shape index (κ2) is 9.54. The summed E-state index contributed by atoms with van der Waals surface area (Å²) in [4.78, 5) is 23.6. The number of aryl methyl sites for hydroxylation is 1. The van der Waals surface area contributed by atoms with Crippen LogP contribution in [0.1, 0.15) is 51.9 Å². The highest BCUT2D eigenvalue weighted by Crippen LogP contribution is 2.17. The predicted molar refractivity (Wildman–Crippen MR) is 89.2 cm³/mol. The summed E-state index contributed by atoms with van der Waals surface area (Å²) in [6, 6.07) is -0.191. The van der Waals surface area contributed by atoms with Gasteiger partial charge in [0.25, 0.3) is 0 Å². The minimum Gasteiger partial charge on any atom is -0.335 e. The maximum Gasteiger partial charge on any atom is 0.321 e. The van der Waals surface area contributed by atoms with Crippen molar-refractivity contribution < 1.29 is 9.59 Å². The van der Waals surface area contributed by atoms with Crippen molar-refractivity contribution in [1.29, 1.82) is 0 Å². The highest BCUT2D eigenvalue weighted by atomic mass is 32.2. The summed E-state index contributed by atoms with van der Waals surface area (Å²) in [5.74, 6) is -0.154. The van der Waals surface area contributed by atoms with E-state index in [4.69, 9.17) is 0 Å².